The molecule has 194 valence electrons. The van der Waals surface area contributed by atoms with Crippen molar-refractivity contribution in [3.8, 4) is 0 Å². The van der Waals surface area contributed by atoms with Crippen molar-refractivity contribution in [2.24, 2.45) is 0 Å². The fourth-order valence-corrected chi connectivity index (χ4v) is 4.34. The second-order valence-electron chi connectivity index (χ2n) is 8.66. The van der Waals surface area contributed by atoms with Crippen LogP contribution in [0, 0.1) is 0 Å². The number of hydrogen-bond donors (Lipinski definition) is 0. The number of hydrogen-bond acceptors (Lipinski definition) is 7. The first kappa shape index (κ1) is 34.1. The normalized spacial score (nSPS) is 12.0. The van der Waals surface area contributed by atoms with Crippen LogP contribution in [0.2, 0.25) is 0 Å². The predicted octanol–water partition coefficient (Wildman–Crippen LogP) is 3.38. The molecule has 0 heterocycles. The molecule has 1 atom stereocenters. The van der Waals surface area contributed by atoms with Crippen molar-refractivity contribution in [1.82, 2.24) is 0 Å². The van der Waals surface area contributed by atoms with Gasteiger partial charge in [-0.25, -0.2) is 18.0 Å². The van der Waals surface area contributed by atoms with E-state index in [-0.39, 0.29) is 53.7 Å². The topological polar surface area (TPSA) is 110 Å². The maximum absolute atomic E-state index is 12.4. The second-order valence-corrected chi connectivity index (χ2v) is 10.2. The molecule has 0 radical (unpaired) electrons. The molecule has 1 unspecified atom stereocenters. The van der Waals surface area contributed by atoms with Crippen molar-refractivity contribution in [3.05, 3.63) is 35.4 Å². The number of ether oxygens (including phenoxy) is 2. The molecule has 0 saturated heterocycles. The molecular formula is C26H41NaO7S. The summed E-state index contributed by atoms with van der Waals surface area (Å²) in [7, 11) is -4.80. The Hall–Kier alpha value is -0.930. The third kappa shape index (κ3) is 15.0. The molecule has 35 heavy (non-hydrogen) atoms. The fourth-order valence-electron chi connectivity index (χ4n) is 3.73. The Balaban J connectivity index is 0.0000116. The quantitative estimate of drug-likeness (QED) is 0.119. The minimum atomic E-state index is -4.80. The van der Waals surface area contributed by atoms with Crippen LogP contribution in [0.5, 0.6) is 0 Å². The third-order valence-corrected chi connectivity index (χ3v) is 6.82. The summed E-state index contributed by atoms with van der Waals surface area (Å²) in [6.45, 7) is 3.90. The summed E-state index contributed by atoms with van der Waals surface area (Å²) in [6, 6.07) is 5.84. The first-order chi connectivity index (χ1) is 16.3. The first-order valence-corrected chi connectivity index (χ1v) is 14.2. The third-order valence-electron chi connectivity index (χ3n) is 5.74. The largest absolute Gasteiger partial charge is 1.00 e. The molecular weight excluding hydrogens is 479 g/mol. The van der Waals surface area contributed by atoms with Crippen molar-refractivity contribution in [3.63, 3.8) is 0 Å². The smallest absolute Gasteiger partial charge is 0.745 e. The average molecular weight is 521 g/mol. The summed E-state index contributed by atoms with van der Waals surface area (Å²) in [5, 5.41) is 0. The molecule has 0 aliphatic heterocycles. The predicted molar refractivity (Wildman–Crippen MR) is 132 cm³/mol. The monoisotopic (exact) mass is 520 g/mol. The maximum atomic E-state index is 12.4. The van der Waals surface area contributed by atoms with E-state index in [1.54, 1.807) is 6.07 Å². The average Bonchev–Trinajstić information content (AvgIpc) is 2.81. The van der Waals surface area contributed by atoms with E-state index in [2.05, 4.69) is 6.92 Å². The summed E-state index contributed by atoms with van der Waals surface area (Å²) in [5.74, 6) is -1.72. The zero-order valence-corrected chi connectivity index (χ0v) is 24.6. The molecule has 0 aliphatic carbocycles. The Morgan fingerprint density at radius 1 is 0.771 bits per heavy atom. The number of unbranched alkanes of at least 4 members (excludes halogenated alkanes) is 12. The van der Waals surface area contributed by atoms with Gasteiger partial charge >= 0.3 is 41.5 Å². The molecule has 0 bridgehead atoms. The Kier molecular flexibility index (Phi) is 19.6. The Morgan fingerprint density at radius 2 is 1.20 bits per heavy atom. The van der Waals surface area contributed by atoms with Gasteiger partial charge in [-0.05, 0) is 25.0 Å². The molecule has 0 N–H and O–H groups in total. The fraction of sp³-hybridized carbons (Fsp3) is 0.692. The van der Waals surface area contributed by atoms with Crippen molar-refractivity contribution >= 4 is 22.1 Å². The van der Waals surface area contributed by atoms with Crippen LogP contribution in [-0.4, -0.2) is 37.0 Å². The molecule has 0 aromatic heterocycles. The minimum Gasteiger partial charge on any atom is -0.745 e. The molecule has 1 aromatic carbocycles. The number of rotatable bonds is 19. The number of benzene rings is 1. The zero-order chi connectivity index (χ0) is 25.2. The Labute approximate surface area is 233 Å². The molecule has 0 aliphatic rings. The van der Waals surface area contributed by atoms with Crippen LogP contribution in [-0.2, 0) is 19.6 Å². The van der Waals surface area contributed by atoms with E-state index in [1.165, 1.54) is 89.3 Å². The molecule has 0 spiro atoms. The first-order valence-electron chi connectivity index (χ1n) is 12.7. The van der Waals surface area contributed by atoms with E-state index in [0.717, 1.165) is 19.3 Å². The van der Waals surface area contributed by atoms with Crippen LogP contribution >= 0.6 is 0 Å². The molecule has 7 nitrogen and oxygen atoms in total. The van der Waals surface area contributed by atoms with Gasteiger partial charge in [0.25, 0.3) is 0 Å². The summed E-state index contributed by atoms with van der Waals surface area (Å²) in [4.78, 5) is 24.8. The summed E-state index contributed by atoms with van der Waals surface area (Å²) in [6.07, 6.45) is 15.7. The van der Waals surface area contributed by atoms with Gasteiger partial charge in [0, 0.05) is 0 Å². The van der Waals surface area contributed by atoms with Crippen LogP contribution < -0.4 is 29.6 Å². The van der Waals surface area contributed by atoms with Gasteiger partial charge in [0.05, 0.1) is 17.7 Å². The second kappa shape index (κ2) is 20.2. The summed E-state index contributed by atoms with van der Waals surface area (Å²) < 4.78 is 43.7. The van der Waals surface area contributed by atoms with Gasteiger partial charge in [0.15, 0.2) is 5.44 Å². The number of carbonyl (C=O) groups excluding carboxylic acids is 2. The van der Waals surface area contributed by atoms with Gasteiger partial charge in [-0.1, -0.05) is 103 Å². The van der Waals surface area contributed by atoms with Crippen LogP contribution in [0.15, 0.2) is 24.3 Å². The van der Waals surface area contributed by atoms with Crippen molar-refractivity contribution < 1.29 is 61.6 Å². The molecule has 0 amide bonds. The van der Waals surface area contributed by atoms with E-state index >= 15 is 0 Å². The standard InChI is InChI=1S/C26H42O7S.Na/c1-3-5-6-7-8-9-10-11-12-13-14-15-18-21-32-25(27)22-19-16-17-20-23(22)26(28)33-24(4-2)34(29,30)31;/h16-17,19-20,24H,3-15,18,21H2,1-2H3,(H,29,30,31);/q;+1/p-1. The van der Waals surface area contributed by atoms with Crippen LogP contribution in [0.1, 0.15) is 124 Å². The van der Waals surface area contributed by atoms with Gasteiger partial charge in [-0.3, -0.25) is 0 Å². The molecule has 0 fully saturated rings. The summed E-state index contributed by atoms with van der Waals surface area (Å²) >= 11 is 0. The van der Waals surface area contributed by atoms with E-state index < -0.39 is 27.5 Å². The van der Waals surface area contributed by atoms with Crippen LogP contribution in [0.25, 0.3) is 0 Å². The van der Waals surface area contributed by atoms with Crippen LogP contribution in [0.4, 0.5) is 0 Å². The van der Waals surface area contributed by atoms with Crippen LogP contribution in [0.3, 0.4) is 0 Å². The maximum Gasteiger partial charge on any atom is 1.00 e. The van der Waals surface area contributed by atoms with E-state index in [4.69, 9.17) is 9.47 Å². The molecule has 9 heteroatoms. The minimum absolute atomic E-state index is 0. The van der Waals surface area contributed by atoms with Gasteiger partial charge in [-0.15, -0.1) is 0 Å². The van der Waals surface area contributed by atoms with E-state index in [9.17, 15) is 22.6 Å². The Bertz CT molecular complexity index is 827. The van der Waals surface area contributed by atoms with Gasteiger partial charge in [0.1, 0.15) is 10.1 Å². The molecule has 1 aromatic rings. The van der Waals surface area contributed by atoms with E-state index in [0.29, 0.717) is 0 Å². The molecule has 1 rings (SSSR count). The number of esters is 2. The van der Waals surface area contributed by atoms with Gasteiger partial charge < -0.3 is 14.0 Å². The molecule has 0 saturated carbocycles. The van der Waals surface area contributed by atoms with Crippen molar-refractivity contribution in [2.75, 3.05) is 6.61 Å². The SMILES string of the molecule is CCCCCCCCCCCCCCCOC(=O)c1ccccc1C(=O)OC(CC)S(=O)(=O)[O-].[Na+]. The number of carbonyl (C=O) groups is 2. The summed E-state index contributed by atoms with van der Waals surface area (Å²) in [5.41, 5.74) is -1.94. The van der Waals surface area contributed by atoms with Gasteiger partial charge in [0.2, 0.25) is 0 Å². The van der Waals surface area contributed by atoms with E-state index in [1.807, 2.05) is 0 Å². The zero-order valence-electron chi connectivity index (χ0n) is 21.8. The Morgan fingerprint density at radius 3 is 1.63 bits per heavy atom. The van der Waals surface area contributed by atoms with Gasteiger partial charge in [-0.2, -0.15) is 0 Å². The van der Waals surface area contributed by atoms with Crippen molar-refractivity contribution in [2.45, 2.75) is 109 Å². The van der Waals surface area contributed by atoms with Crippen molar-refractivity contribution in [1.29, 1.82) is 0 Å².